The Balaban J connectivity index is 1.60. The third-order valence-electron chi connectivity index (χ3n) is 5.44. The van der Waals surface area contributed by atoms with Crippen LogP contribution in [0.4, 0.5) is 5.69 Å². The van der Waals surface area contributed by atoms with Crippen LogP contribution in [0.2, 0.25) is 0 Å². The van der Waals surface area contributed by atoms with Crippen LogP contribution in [0.3, 0.4) is 0 Å². The van der Waals surface area contributed by atoms with Gasteiger partial charge in [-0.05, 0) is 57.2 Å². The monoisotopic (exact) mass is 358 g/mol. The smallest absolute Gasteiger partial charge is 0.313 e. The highest BCUT2D eigenvalue weighted by Crippen LogP contribution is 2.32. The first-order valence-corrected chi connectivity index (χ1v) is 9.22. The van der Waals surface area contributed by atoms with Gasteiger partial charge < -0.3 is 15.3 Å². The van der Waals surface area contributed by atoms with Gasteiger partial charge in [-0.3, -0.25) is 14.4 Å². The largest absolute Gasteiger partial charge is 0.481 e. The first-order chi connectivity index (χ1) is 12.3. The van der Waals surface area contributed by atoms with Crippen molar-refractivity contribution in [2.45, 2.75) is 44.9 Å². The maximum Gasteiger partial charge on any atom is 0.313 e. The third-order valence-corrected chi connectivity index (χ3v) is 5.44. The van der Waals surface area contributed by atoms with Crippen molar-refractivity contribution in [2.75, 3.05) is 18.4 Å². The second-order valence-electron chi connectivity index (χ2n) is 7.89. The number of likely N-dealkylation sites (tertiary alicyclic amines) is 1. The number of nitrogens with zero attached hydrogens (tertiary/aromatic N) is 1. The summed E-state index contributed by atoms with van der Waals surface area (Å²) in [5.41, 5.74) is 0.350. The Morgan fingerprint density at radius 3 is 2.31 bits per heavy atom. The number of carboxylic acid groups (broad SMARTS) is 1. The maximum absolute atomic E-state index is 12.6. The van der Waals surface area contributed by atoms with Gasteiger partial charge in [0.15, 0.2) is 0 Å². The molecular formula is C20H26N2O4. The van der Waals surface area contributed by atoms with Crippen molar-refractivity contribution in [3.8, 4) is 0 Å². The molecule has 26 heavy (non-hydrogen) atoms. The molecule has 0 aromatic heterocycles. The first kappa shape index (κ1) is 18.4. The summed E-state index contributed by atoms with van der Waals surface area (Å²) in [6.45, 7) is 4.54. The van der Waals surface area contributed by atoms with Gasteiger partial charge in [0.1, 0.15) is 0 Å². The van der Waals surface area contributed by atoms with Crippen LogP contribution in [0.5, 0.6) is 0 Å². The molecule has 0 radical (unpaired) electrons. The molecule has 140 valence electrons. The summed E-state index contributed by atoms with van der Waals surface area (Å²) in [6, 6.07) is 6.92. The average molecular weight is 358 g/mol. The fourth-order valence-electron chi connectivity index (χ4n) is 3.32. The van der Waals surface area contributed by atoms with E-state index in [1.807, 2.05) is 4.90 Å². The number of piperidine rings is 1. The Morgan fingerprint density at radius 1 is 1.08 bits per heavy atom. The number of carboxylic acids is 1. The molecule has 1 aliphatic carbocycles. The number of aliphatic carboxylic acids is 1. The Bertz CT molecular complexity index is 707. The van der Waals surface area contributed by atoms with Crippen LogP contribution in [-0.2, 0) is 19.8 Å². The van der Waals surface area contributed by atoms with Crippen molar-refractivity contribution in [3.63, 3.8) is 0 Å². The summed E-state index contributed by atoms with van der Waals surface area (Å²) in [5, 5.41) is 12.2. The van der Waals surface area contributed by atoms with Gasteiger partial charge in [-0.15, -0.1) is 0 Å². The zero-order chi connectivity index (χ0) is 18.9. The standard InChI is InChI=1S/C20H26N2O4/c1-20(2,19(25)26)15-7-9-16(10-8-15)21-17(23)14-4-3-11-22(12-14)18(24)13-5-6-13/h7-10,13-14H,3-6,11-12H2,1-2H3,(H,21,23)(H,25,26). The highest BCUT2D eigenvalue weighted by Gasteiger charge is 2.36. The topological polar surface area (TPSA) is 86.7 Å². The number of carbonyl (C=O) groups excluding carboxylic acids is 2. The summed E-state index contributed by atoms with van der Waals surface area (Å²) in [7, 11) is 0. The number of benzene rings is 1. The SMILES string of the molecule is CC(C)(C(=O)O)c1ccc(NC(=O)C2CCCN(C(=O)C3CC3)C2)cc1. The summed E-state index contributed by atoms with van der Waals surface area (Å²) in [4.78, 5) is 38.0. The molecule has 6 nitrogen and oxygen atoms in total. The molecule has 1 saturated heterocycles. The van der Waals surface area contributed by atoms with Crippen LogP contribution < -0.4 is 5.32 Å². The number of hydrogen-bond acceptors (Lipinski definition) is 3. The lowest BCUT2D eigenvalue weighted by molar-refractivity contribution is -0.142. The Hall–Kier alpha value is -2.37. The fraction of sp³-hybridized carbons (Fsp3) is 0.550. The van der Waals surface area contributed by atoms with Gasteiger partial charge in [-0.2, -0.15) is 0 Å². The minimum absolute atomic E-state index is 0.0801. The highest BCUT2D eigenvalue weighted by molar-refractivity contribution is 5.93. The van der Waals surface area contributed by atoms with Crippen molar-refractivity contribution in [1.82, 2.24) is 4.90 Å². The van der Waals surface area contributed by atoms with Gasteiger partial charge in [0.25, 0.3) is 0 Å². The zero-order valence-electron chi connectivity index (χ0n) is 15.3. The van der Waals surface area contributed by atoms with Crippen LogP contribution in [-0.4, -0.2) is 40.9 Å². The van der Waals surface area contributed by atoms with Crippen LogP contribution >= 0.6 is 0 Å². The van der Waals surface area contributed by atoms with E-state index in [2.05, 4.69) is 5.32 Å². The number of amides is 2. The minimum Gasteiger partial charge on any atom is -0.481 e. The number of carbonyl (C=O) groups is 3. The van der Waals surface area contributed by atoms with E-state index in [1.165, 1.54) is 0 Å². The molecule has 0 bridgehead atoms. The van der Waals surface area contributed by atoms with E-state index in [0.717, 1.165) is 32.2 Å². The van der Waals surface area contributed by atoms with E-state index in [-0.39, 0.29) is 23.7 Å². The van der Waals surface area contributed by atoms with Crippen LogP contribution in [0.1, 0.15) is 45.1 Å². The molecule has 2 N–H and O–H groups in total. The van der Waals surface area contributed by atoms with E-state index in [9.17, 15) is 19.5 Å². The minimum atomic E-state index is -0.977. The Labute approximate surface area is 153 Å². The molecule has 0 spiro atoms. The molecule has 2 amide bonds. The molecule has 2 fully saturated rings. The molecule has 3 rings (SSSR count). The van der Waals surface area contributed by atoms with Crippen molar-refractivity contribution in [3.05, 3.63) is 29.8 Å². The van der Waals surface area contributed by atoms with Gasteiger partial charge >= 0.3 is 5.97 Å². The molecule has 1 atom stereocenters. The molecule has 1 aromatic rings. The van der Waals surface area contributed by atoms with E-state index < -0.39 is 11.4 Å². The first-order valence-electron chi connectivity index (χ1n) is 9.22. The summed E-state index contributed by atoms with van der Waals surface area (Å²) in [6.07, 6.45) is 3.59. The van der Waals surface area contributed by atoms with Crippen molar-refractivity contribution in [2.24, 2.45) is 11.8 Å². The van der Waals surface area contributed by atoms with Gasteiger partial charge in [-0.1, -0.05) is 12.1 Å². The molecule has 1 aliphatic heterocycles. The second kappa shape index (κ2) is 7.09. The fourth-order valence-corrected chi connectivity index (χ4v) is 3.32. The van der Waals surface area contributed by atoms with E-state index in [0.29, 0.717) is 17.8 Å². The van der Waals surface area contributed by atoms with E-state index in [4.69, 9.17) is 0 Å². The summed E-state index contributed by atoms with van der Waals surface area (Å²) >= 11 is 0. The van der Waals surface area contributed by atoms with Gasteiger partial charge in [0.05, 0.1) is 11.3 Å². The lowest BCUT2D eigenvalue weighted by Gasteiger charge is -2.32. The van der Waals surface area contributed by atoms with Crippen LogP contribution in [0.15, 0.2) is 24.3 Å². The van der Waals surface area contributed by atoms with Crippen molar-refractivity contribution < 1.29 is 19.5 Å². The Morgan fingerprint density at radius 2 is 1.73 bits per heavy atom. The molecule has 2 aliphatic rings. The number of hydrogen-bond donors (Lipinski definition) is 2. The number of nitrogens with one attached hydrogen (secondary N) is 1. The molecule has 1 heterocycles. The third kappa shape index (κ3) is 3.89. The summed E-state index contributed by atoms with van der Waals surface area (Å²) in [5.74, 6) is -0.785. The number of rotatable bonds is 5. The predicted molar refractivity (Wildman–Crippen MR) is 97.8 cm³/mol. The maximum atomic E-state index is 12.6. The quantitative estimate of drug-likeness (QED) is 0.847. The normalized spacial score (nSPS) is 20.5. The van der Waals surface area contributed by atoms with Gasteiger partial charge in [0, 0.05) is 24.7 Å². The van der Waals surface area contributed by atoms with Crippen LogP contribution in [0.25, 0.3) is 0 Å². The second-order valence-corrected chi connectivity index (χ2v) is 7.89. The summed E-state index contributed by atoms with van der Waals surface area (Å²) < 4.78 is 0. The lowest BCUT2D eigenvalue weighted by atomic mass is 9.85. The average Bonchev–Trinajstić information content (AvgIpc) is 3.46. The van der Waals surface area contributed by atoms with Gasteiger partial charge in [-0.25, -0.2) is 0 Å². The van der Waals surface area contributed by atoms with Crippen molar-refractivity contribution >= 4 is 23.5 Å². The van der Waals surface area contributed by atoms with Crippen LogP contribution in [0, 0.1) is 11.8 Å². The van der Waals surface area contributed by atoms with Gasteiger partial charge in [0.2, 0.25) is 11.8 Å². The lowest BCUT2D eigenvalue weighted by Crippen LogP contribution is -2.44. The van der Waals surface area contributed by atoms with E-state index in [1.54, 1.807) is 38.1 Å². The number of anilines is 1. The van der Waals surface area contributed by atoms with E-state index >= 15 is 0 Å². The highest BCUT2D eigenvalue weighted by atomic mass is 16.4. The zero-order valence-corrected chi connectivity index (χ0v) is 15.3. The molecule has 1 saturated carbocycles. The Kier molecular flexibility index (Phi) is 5.03. The molecule has 6 heteroatoms. The predicted octanol–water partition coefficient (Wildman–Crippen LogP) is 2.64. The van der Waals surface area contributed by atoms with Crippen molar-refractivity contribution in [1.29, 1.82) is 0 Å². The molecule has 1 aromatic carbocycles. The molecule has 1 unspecified atom stereocenters. The molecular weight excluding hydrogens is 332 g/mol.